The molecule has 1 saturated carbocycles. The number of aryl methyl sites for hydroxylation is 1. The molecule has 0 aliphatic heterocycles. The molecule has 0 unspecified atom stereocenters. The first-order valence-corrected chi connectivity index (χ1v) is 10.6. The fourth-order valence-corrected chi connectivity index (χ4v) is 5.77. The van der Waals surface area contributed by atoms with Gasteiger partial charge in [-0.3, -0.25) is 24.1 Å². The van der Waals surface area contributed by atoms with Gasteiger partial charge in [0.15, 0.2) is 17.2 Å². The first-order valence-electron chi connectivity index (χ1n) is 10.6. The summed E-state index contributed by atoms with van der Waals surface area (Å²) in [7, 11) is 3.12. The van der Waals surface area contributed by atoms with E-state index < -0.39 is 52.3 Å². The van der Waals surface area contributed by atoms with Gasteiger partial charge in [0.05, 0.1) is 6.04 Å². The zero-order chi connectivity index (χ0) is 24.6. The van der Waals surface area contributed by atoms with Gasteiger partial charge in [-0.25, -0.2) is 0 Å². The van der Waals surface area contributed by atoms with E-state index in [1.165, 1.54) is 11.8 Å². The van der Waals surface area contributed by atoms with E-state index in [1.54, 1.807) is 33.2 Å². The Morgan fingerprint density at radius 2 is 1.82 bits per heavy atom. The Labute approximate surface area is 190 Å². The number of carbonyl (C=O) groups excluding carboxylic acids is 4. The van der Waals surface area contributed by atoms with Gasteiger partial charge in [0.1, 0.15) is 17.1 Å². The molecule has 9 nitrogen and oxygen atoms in total. The molecule has 1 fully saturated rings. The van der Waals surface area contributed by atoms with E-state index in [2.05, 4.69) is 0 Å². The van der Waals surface area contributed by atoms with E-state index in [9.17, 15) is 34.5 Å². The molecule has 0 spiro atoms. The second kappa shape index (κ2) is 7.36. The van der Waals surface area contributed by atoms with Gasteiger partial charge in [-0.2, -0.15) is 0 Å². The number of amides is 1. The van der Waals surface area contributed by atoms with Crippen molar-refractivity contribution in [3.63, 3.8) is 0 Å². The molecule has 9 heteroatoms. The van der Waals surface area contributed by atoms with E-state index in [0.717, 1.165) is 0 Å². The fourth-order valence-electron chi connectivity index (χ4n) is 5.77. The summed E-state index contributed by atoms with van der Waals surface area (Å²) in [6.07, 6.45) is 0.294. The van der Waals surface area contributed by atoms with Crippen molar-refractivity contribution >= 4 is 29.0 Å². The number of nitrogens with two attached hydrogens (primary N) is 1. The van der Waals surface area contributed by atoms with Crippen LogP contribution in [0, 0.1) is 18.8 Å². The van der Waals surface area contributed by atoms with E-state index in [4.69, 9.17) is 5.73 Å². The van der Waals surface area contributed by atoms with Crippen molar-refractivity contribution in [3.05, 3.63) is 51.3 Å². The lowest BCUT2D eigenvalue weighted by Crippen LogP contribution is -2.65. The molecule has 0 heterocycles. The summed E-state index contributed by atoms with van der Waals surface area (Å²) in [4.78, 5) is 52.4. The number of likely N-dealkylation sites (N-methyl/N-ethyl adjacent to an activating group) is 1. The smallest absolute Gasteiger partial charge is 0.255 e. The maximum Gasteiger partial charge on any atom is 0.255 e. The third kappa shape index (κ3) is 2.92. The summed E-state index contributed by atoms with van der Waals surface area (Å²) < 4.78 is 0. The van der Waals surface area contributed by atoms with E-state index in [0.29, 0.717) is 22.3 Å². The van der Waals surface area contributed by atoms with Crippen molar-refractivity contribution in [2.75, 3.05) is 14.1 Å². The number of hydrogen-bond acceptors (Lipinski definition) is 8. The molecule has 4 atom stereocenters. The maximum atomic E-state index is 13.7. The normalized spacial score (nSPS) is 29.1. The lowest BCUT2D eigenvalue weighted by molar-refractivity contribution is -0.153. The molecular weight excluding hydrogens is 428 g/mol. The number of Topliss-reactive ketones (excluding diaryl/α,β-unsaturated/α-hetero) is 3. The van der Waals surface area contributed by atoms with Gasteiger partial charge in [0.25, 0.3) is 5.91 Å². The van der Waals surface area contributed by atoms with Gasteiger partial charge in [-0.05, 0) is 57.8 Å². The lowest BCUT2D eigenvalue weighted by atomic mass is 9.57. The zero-order valence-electron chi connectivity index (χ0n) is 18.8. The van der Waals surface area contributed by atoms with Crippen LogP contribution in [0.5, 0.6) is 0 Å². The summed E-state index contributed by atoms with van der Waals surface area (Å²) in [6.45, 7) is 3.15. The first kappa shape index (κ1) is 22.9. The summed E-state index contributed by atoms with van der Waals surface area (Å²) >= 11 is 0. The maximum absolute atomic E-state index is 13.7. The van der Waals surface area contributed by atoms with Crippen molar-refractivity contribution in [1.29, 1.82) is 0 Å². The Morgan fingerprint density at radius 1 is 1.18 bits per heavy atom. The second-order valence-corrected chi connectivity index (χ2v) is 9.30. The highest BCUT2D eigenvalue weighted by Gasteiger charge is 2.64. The number of hydrogen-bond donors (Lipinski definition) is 4. The third-order valence-corrected chi connectivity index (χ3v) is 7.21. The molecule has 174 valence electrons. The van der Waals surface area contributed by atoms with Crippen LogP contribution in [0.25, 0.3) is 5.76 Å². The summed E-state index contributed by atoms with van der Waals surface area (Å²) in [5.74, 6) is -6.34. The molecule has 1 aromatic rings. The van der Waals surface area contributed by atoms with Gasteiger partial charge in [0.2, 0.25) is 5.78 Å². The molecule has 0 bridgehead atoms. The molecule has 1 amide bonds. The number of aliphatic hydroxyl groups excluding tert-OH is 2. The van der Waals surface area contributed by atoms with Crippen molar-refractivity contribution in [3.8, 4) is 0 Å². The van der Waals surface area contributed by atoms with Crippen LogP contribution in [0.2, 0.25) is 0 Å². The third-order valence-electron chi connectivity index (χ3n) is 7.21. The van der Waals surface area contributed by atoms with E-state index >= 15 is 0 Å². The van der Waals surface area contributed by atoms with Crippen LogP contribution in [0.4, 0.5) is 0 Å². The van der Waals surface area contributed by atoms with Crippen LogP contribution >= 0.6 is 0 Å². The monoisotopic (exact) mass is 454 g/mol. The highest BCUT2D eigenvalue weighted by Crippen LogP contribution is 2.52. The van der Waals surface area contributed by atoms with Crippen molar-refractivity contribution in [2.45, 2.75) is 38.3 Å². The minimum atomic E-state index is -2.60. The van der Waals surface area contributed by atoms with E-state index in [1.807, 2.05) is 0 Å². The first-order chi connectivity index (χ1) is 15.3. The number of fused-ring (bicyclic) bond motifs is 3. The van der Waals surface area contributed by atoms with Crippen LogP contribution in [-0.4, -0.2) is 69.2 Å². The molecule has 0 radical (unpaired) electrons. The average molecular weight is 454 g/mol. The fraction of sp³-hybridized carbons (Fsp3) is 0.417. The number of rotatable bonds is 3. The number of aliphatic hydroxyl groups is 3. The minimum absolute atomic E-state index is 0.0526. The average Bonchev–Trinajstić information content (AvgIpc) is 2.70. The molecule has 3 aliphatic rings. The van der Waals surface area contributed by atoms with Gasteiger partial charge in [-0.1, -0.05) is 12.1 Å². The molecule has 1 aromatic carbocycles. The molecule has 33 heavy (non-hydrogen) atoms. The molecule has 4 rings (SSSR count). The predicted octanol–water partition coefficient (Wildman–Crippen LogP) is 0.769. The highest BCUT2D eigenvalue weighted by molar-refractivity contribution is 6.24. The summed E-state index contributed by atoms with van der Waals surface area (Å²) in [5, 5.41) is 33.5. The van der Waals surface area contributed by atoms with Gasteiger partial charge >= 0.3 is 0 Å². The van der Waals surface area contributed by atoms with Crippen molar-refractivity contribution in [1.82, 2.24) is 4.90 Å². The van der Waals surface area contributed by atoms with Crippen LogP contribution in [0.15, 0.2) is 29.0 Å². The van der Waals surface area contributed by atoms with Gasteiger partial charge in [0, 0.05) is 22.6 Å². The van der Waals surface area contributed by atoms with Crippen LogP contribution in [0.3, 0.4) is 0 Å². The summed E-state index contributed by atoms with van der Waals surface area (Å²) in [5.41, 5.74) is 3.83. The number of carbonyl (C=O) groups is 4. The van der Waals surface area contributed by atoms with E-state index in [-0.39, 0.29) is 30.0 Å². The molecule has 5 N–H and O–H groups in total. The van der Waals surface area contributed by atoms with Crippen molar-refractivity contribution < 1.29 is 34.5 Å². The quantitative estimate of drug-likeness (QED) is 0.385. The minimum Gasteiger partial charge on any atom is -0.508 e. The number of ketones is 3. The number of primary amides is 1. The Balaban J connectivity index is 2.00. The Hall–Kier alpha value is -3.30. The molecular formula is C24H26N2O7. The van der Waals surface area contributed by atoms with Gasteiger partial charge < -0.3 is 21.1 Å². The SMILES string of the molecule is CC(=O)c1ccc(C)c2c1C[C@H]1C[C@H]3[C@@H](N(C)C)C(=O)C(C(N)=O)=C(O)[C@@]3(O)C(=O)C1=C2O. The Bertz CT molecular complexity index is 1210. The topological polar surface area (TPSA) is 158 Å². The largest absolute Gasteiger partial charge is 0.508 e. The summed E-state index contributed by atoms with van der Waals surface area (Å²) in [6, 6.07) is 2.24. The lowest BCUT2D eigenvalue weighted by Gasteiger charge is -2.50. The highest BCUT2D eigenvalue weighted by atomic mass is 16.3. The van der Waals surface area contributed by atoms with Crippen LogP contribution in [-0.2, 0) is 20.8 Å². The molecule has 0 saturated heterocycles. The van der Waals surface area contributed by atoms with Crippen molar-refractivity contribution in [2.24, 2.45) is 17.6 Å². The van der Waals surface area contributed by atoms with Gasteiger partial charge in [-0.15, -0.1) is 0 Å². The standard InChI is InChI=1S/C24H26N2O7/c1-9-5-6-12(10(2)27)13-7-11-8-14-18(26(3)4)20(29)17(23(25)32)22(31)24(14,33)21(30)16(11)19(28)15(9)13/h5-6,11,14,18,28,31,33H,7-8H2,1-4H3,(H2,25,32)/t11-,14-,18+,24-/m0/s1. The molecule has 3 aliphatic carbocycles. The van der Waals surface area contributed by atoms with Crippen LogP contribution in [0.1, 0.15) is 40.4 Å². The number of nitrogens with zero attached hydrogens (tertiary/aromatic N) is 1. The predicted molar refractivity (Wildman–Crippen MR) is 117 cm³/mol. The molecule has 0 aromatic heterocycles. The van der Waals surface area contributed by atoms with Crippen LogP contribution < -0.4 is 5.73 Å². The Kier molecular flexibility index (Phi) is 5.10. The second-order valence-electron chi connectivity index (χ2n) is 9.30. The Morgan fingerprint density at radius 3 is 2.36 bits per heavy atom. The zero-order valence-corrected chi connectivity index (χ0v) is 18.8. The number of benzene rings is 1.